The van der Waals surface area contributed by atoms with E-state index in [1.165, 1.54) is 12.2 Å². The molecule has 0 spiro atoms. The summed E-state index contributed by atoms with van der Waals surface area (Å²) in [6.07, 6.45) is 4.81. The molecule has 0 saturated carbocycles. The highest BCUT2D eigenvalue weighted by Crippen LogP contribution is 2.15. The van der Waals surface area contributed by atoms with Crippen molar-refractivity contribution in [2.45, 2.75) is 26.5 Å². The van der Waals surface area contributed by atoms with E-state index in [9.17, 15) is 13.2 Å². The second kappa shape index (κ2) is 8.08. The van der Waals surface area contributed by atoms with E-state index in [-0.39, 0.29) is 23.6 Å². The summed E-state index contributed by atoms with van der Waals surface area (Å²) < 4.78 is 25.9. The highest BCUT2D eigenvalue weighted by molar-refractivity contribution is 7.88. The lowest BCUT2D eigenvalue weighted by molar-refractivity contribution is -0.112. The minimum Gasteiger partial charge on any atom is -0.323 e. The first kappa shape index (κ1) is 19.1. The predicted molar refractivity (Wildman–Crippen MR) is 94.5 cm³/mol. The van der Waals surface area contributed by atoms with Gasteiger partial charge in [-0.2, -0.15) is 0 Å². The molecule has 1 amide bonds. The summed E-state index contributed by atoms with van der Waals surface area (Å²) in [6, 6.07) is 6.72. The first-order chi connectivity index (χ1) is 10.6. The van der Waals surface area contributed by atoms with Gasteiger partial charge in [-0.15, -0.1) is 6.58 Å². The number of benzene rings is 1. The van der Waals surface area contributed by atoms with Crippen molar-refractivity contribution in [2.75, 3.05) is 11.9 Å². The zero-order valence-electron chi connectivity index (χ0n) is 13.8. The van der Waals surface area contributed by atoms with Crippen LogP contribution in [0.2, 0.25) is 0 Å². The number of amides is 1. The molecule has 0 aromatic heterocycles. The lowest BCUT2D eigenvalue weighted by Gasteiger charge is -2.11. The fraction of sp³-hybridized carbons (Fsp3) is 0.353. The van der Waals surface area contributed by atoms with Gasteiger partial charge >= 0.3 is 0 Å². The average molecular weight is 336 g/mol. The topological polar surface area (TPSA) is 75.3 Å². The molecule has 0 atom stereocenters. The van der Waals surface area contributed by atoms with Gasteiger partial charge in [-0.1, -0.05) is 45.1 Å². The first-order valence-electron chi connectivity index (χ1n) is 7.29. The van der Waals surface area contributed by atoms with Crippen molar-refractivity contribution in [3.63, 3.8) is 0 Å². The van der Waals surface area contributed by atoms with Crippen LogP contribution in [0.3, 0.4) is 0 Å². The summed E-state index contributed by atoms with van der Waals surface area (Å²) in [5.41, 5.74) is 1.20. The zero-order chi connectivity index (χ0) is 17.5. The molecule has 0 bridgehead atoms. The monoisotopic (exact) mass is 336 g/mol. The number of sulfonamides is 1. The van der Waals surface area contributed by atoms with Crippen LogP contribution in [0.4, 0.5) is 5.69 Å². The van der Waals surface area contributed by atoms with Crippen LogP contribution in [-0.4, -0.2) is 20.9 Å². The van der Waals surface area contributed by atoms with Gasteiger partial charge < -0.3 is 5.32 Å². The molecule has 6 heteroatoms. The average Bonchev–Trinajstić information content (AvgIpc) is 2.44. The maximum absolute atomic E-state index is 11.8. The van der Waals surface area contributed by atoms with Crippen LogP contribution in [0, 0.1) is 5.41 Å². The number of allylic oxidation sites excluding steroid dienone is 1. The predicted octanol–water partition coefficient (Wildman–Crippen LogP) is 2.83. The molecule has 5 nitrogen and oxygen atoms in total. The maximum atomic E-state index is 11.8. The van der Waals surface area contributed by atoms with Crippen molar-refractivity contribution in [1.82, 2.24) is 4.72 Å². The van der Waals surface area contributed by atoms with Gasteiger partial charge in [-0.25, -0.2) is 13.1 Å². The van der Waals surface area contributed by atoms with E-state index in [0.29, 0.717) is 11.3 Å². The van der Waals surface area contributed by atoms with Crippen molar-refractivity contribution >= 4 is 21.6 Å². The molecule has 0 heterocycles. The molecule has 23 heavy (non-hydrogen) atoms. The van der Waals surface area contributed by atoms with Gasteiger partial charge in [0.05, 0.1) is 5.75 Å². The molecule has 0 fully saturated rings. The molecule has 126 valence electrons. The fourth-order valence-electron chi connectivity index (χ4n) is 1.65. The Bertz CT molecular complexity index is 669. The Morgan fingerprint density at radius 1 is 1.22 bits per heavy atom. The number of anilines is 1. The Morgan fingerprint density at radius 2 is 1.83 bits per heavy atom. The quantitative estimate of drug-likeness (QED) is 0.594. The maximum Gasteiger partial charge on any atom is 0.248 e. The summed E-state index contributed by atoms with van der Waals surface area (Å²) in [5, 5.41) is 2.73. The van der Waals surface area contributed by atoms with Crippen molar-refractivity contribution in [3.05, 3.63) is 54.6 Å². The first-order valence-corrected chi connectivity index (χ1v) is 8.94. The van der Waals surface area contributed by atoms with Crippen LogP contribution in [0.25, 0.3) is 0 Å². The number of nitrogens with one attached hydrogen (secondary N) is 2. The van der Waals surface area contributed by atoms with Crippen molar-refractivity contribution in [1.29, 1.82) is 0 Å². The molecule has 0 unspecified atom stereocenters. The molecule has 2 N–H and O–H groups in total. The third kappa shape index (κ3) is 8.32. The van der Waals surface area contributed by atoms with Crippen molar-refractivity contribution in [3.8, 4) is 0 Å². The van der Waals surface area contributed by atoms with E-state index in [1.54, 1.807) is 24.3 Å². The molecule has 0 saturated heterocycles. The normalized spacial score (nSPS) is 12.3. The third-order valence-corrected chi connectivity index (χ3v) is 4.08. The van der Waals surface area contributed by atoms with Gasteiger partial charge in [0.1, 0.15) is 0 Å². The van der Waals surface area contributed by atoms with E-state index in [1.807, 2.05) is 26.8 Å². The third-order valence-electron chi connectivity index (χ3n) is 2.76. The number of carbonyl (C=O) groups excluding carboxylic acids is 1. The number of carbonyl (C=O) groups is 1. The van der Waals surface area contributed by atoms with Gasteiger partial charge in [0.15, 0.2) is 0 Å². The highest BCUT2D eigenvalue weighted by atomic mass is 32.2. The Kier molecular flexibility index (Phi) is 6.72. The van der Waals surface area contributed by atoms with E-state index in [4.69, 9.17) is 0 Å². The Balaban J connectivity index is 2.65. The Hall–Kier alpha value is -1.92. The summed E-state index contributed by atoms with van der Waals surface area (Å²) in [6.45, 7) is 9.69. The van der Waals surface area contributed by atoms with Gasteiger partial charge in [0.2, 0.25) is 15.9 Å². The Labute approximate surface area is 138 Å². The van der Waals surface area contributed by atoms with Crippen LogP contribution in [0.5, 0.6) is 0 Å². The molecular formula is C17H24N2O3S. The minimum atomic E-state index is -3.38. The number of hydrogen-bond acceptors (Lipinski definition) is 3. The van der Waals surface area contributed by atoms with E-state index < -0.39 is 10.0 Å². The van der Waals surface area contributed by atoms with Gasteiger partial charge in [-0.05, 0) is 29.2 Å². The molecule has 0 radical (unpaired) electrons. The second-order valence-corrected chi connectivity index (χ2v) is 8.09. The van der Waals surface area contributed by atoms with E-state index >= 15 is 0 Å². The minimum absolute atomic E-state index is 0.0615. The van der Waals surface area contributed by atoms with Crippen LogP contribution < -0.4 is 10.0 Å². The largest absolute Gasteiger partial charge is 0.323 e. The SMILES string of the molecule is C=CCNS(=O)(=O)Cc1ccc(NC(=O)/C=C/C(C)(C)C)cc1. The van der Waals surface area contributed by atoms with Gasteiger partial charge in [0.25, 0.3) is 0 Å². The smallest absolute Gasteiger partial charge is 0.248 e. The van der Waals surface area contributed by atoms with E-state index in [2.05, 4.69) is 16.6 Å². The highest BCUT2D eigenvalue weighted by Gasteiger charge is 2.10. The lowest BCUT2D eigenvalue weighted by atomic mass is 9.96. The molecule has 0 aliphatic carbocycles. The van der Waals surface area contributed by atoms with Crippen LogP contribution >= 0.6 is 0 Å². The summed E-state index contributed by atoms with van der Waals surface area (Å²) in [4.78, 5) is 11.8. The standard InChI is InChI=1S/C17H24N2O3S/c1-5-12-18-23(21,22)13-14-6-8-15(9-7-14)19-16(20)10-11-17(2,3)4/h5-11,18H,1,12-13H2,2-4H3,(H,19,20)/b11-10+. The van der Waals surface area contributed by atoms with E-state index in [0.717, 1.165) is 0 Å². The molecule has 1 rings (SSSR count). The van der Waals surface area contributed by atoms with Crippen molar-refractivity contribution in [2.24, 2.45) is 5.41 Å². The Morgan fingerprint density at radius 3 is 2.35 bits per heavy atom. The summed E-state index contributed by atoms with van der Waals surface area (Å²) in [5.74, 6) is -0.327. The van der Waals surface area contributed by atoms with Gasteiger partial charge in [0, 0.05) is 12.2 Å². The van der Waals surface area contributed by atoms with Crippen LogP contribution in [0.15, 0.2) is 49.1 Å². The fourth-order valence-corrected chi connectivity index (χ4v) is 2.76. The summed E-state index contributed by atoms with van der Waals surface area (Å²) >= 11 is 0. The van der Waals surface area contributed by atoms with Crippen molar-refractivity contribution < 1.29 is 13.2 Å². The molecular weight excluding hydrogens is 312 g/mol. The second-order valence-electron chi connectivity index (χ2n) is 6.28. The number of rotatable bonds is 7. The van der Waals surface area contributed by atoms with Crippen LogP contribution in [-0.2, 0) is 20.6 Å². The van der Waals surface area contributed by atoms with Gasteiger partial charge in [-0.3, -0.25) is 4.79 Å². The number of hydrogen-bond donors (Lipinski definition) is 2. The zero-order valence-corrected chi connectivity index (χ0v) is 14.6. The van der Waals surface area contributed by atoms with Crippen LogP contribution in [0.1, 0.15) is 26.3 Å². The molecule has 0 aliphatic rings. The summed E-state index contributed by atoms with van der Waals surface area (Å²) in [7, 11) is -3.38. The molecule has 1 aromatic rings. The lowest BCUT2D eigenvalue weighted by Crippen LogP contribution is -2.25. The molecule has 1 aromatic carbocycles. The molecule has 0 aliphatic heterocycles.